The molecule has 0 bridgehead atoms. The molecule has 0 saturated carbocycles. The molecule has 0 aliphatic carbocycles. The first-order valence-corrected chi connectivity index (χ1v) is 6.22. The molecule has 19 heavy (non-hydrogen) atoms. The summed E-state index contributed by atoms with van der Waals surface area (Å²) in [5, 5.41) is 18.1. The molecular formula is C13H20O6. The summed E-state index contributed by atoms with van der Waals surface area (Å²) in [6.45, 7) is 4.10. The second-order valence-corrected chi connectivity index (χ2v) is 3.98. The van der Waals surface area contributed by atoms with Gasteiger partial charge in [-0.1, -0.05) is 6.92 Å². The molecule has 2 N–H and O–H groups in total. The third-order valence-electron chi connectivity index (χ3n) is 2.48. The van der Waals surface area contributed by atoms with E-state index in [0.717, 1.165) is 0 Å². The zero-order valence-corrected chi connectivity index (χ0v) is 11.3. The van der Waals surface area contributed by atoms with Gasteiger partial charge in [0.05, 0.1) is 17.8 Å². The predicted octanol–water partition coefficient (Wildman–Crippen LogP) is 1.64. The lowest BCUT2D eigenvalue weighted by Crippen LogP contribution is -2.16. The maximum absolute atomic E-state index is 11.5. The molecule has 0 atom stereocenters. The minimum atomic E-state index is -1.36. The van der Waals surface area contributed by atoms with E-state index in [1.807, 2.05) is 0 Å². The van der Waals surface area contributed by atoms with Gasteiger partial charge in [0.15, 0.2) is 0 Å². The number of aliphatic carboxylic acids is 2. The molecule has 0 unspecified atom stereocenters. The molecule has 0 aliphatic heterocycles. The van der Waals surface area contributed by atoms with Crippen LogP contribution in [0.2, 0.25) is 0 Å². The van der Waals surface area contributed by atoms with Crippen molar-refractivity contribution in [2.24, 2.45) is 0 Å². The SMILES string of the molecule is CCCC(=O)C/C(C(=O)O)=C(/CCOCC)C(=O)O. The molecule has 0 saturated heterocycles. The number of carboxylic acid groups (broad SMARTS) is 2. The molecule has 0 aromatic rings. The summed E-state index contributed by atoms with van der Waals surface area (Å²) in [4.78, 5) is 33.7. The van der Waals surface area contributed by atoms with E-state index in [2.05, 4.69) is 0 Å². The number of ether oxygens (including phenoxy) is 1. The van der Waals surface area contributed by atoms with Gasteiger partial charge in [-0.05, 0) is 13.3 Å². The van der Waals surface area contributed by atoms with E-state index >= 15 is 0 Å². The van der Waals surface area contributed by atoms with Crippen molar-refractivity contribution in [2.45, 2.75) is 39.5 Å². The van der Waals surface area contributed by atoms with Gasteiger partial charge in [-0.15, -0.1) is 0 Å². The number of carbonyl (C=O) groups is 3. The predicted molar refractivity (Wildman–Crippen MR) is 67.9 cm³/mol. The number of Topliss-reactive ketones (excluding diaryl/α,β-unsaturated/α-hetero) is 1. The fourth-order valence-corrected chi connectivity index (χ4v) is 1.58. The summed E-state index contributed by atoms with van der Waals surface area (Å²) in [6, 6.07) is 0. The van der Waals surface area contributed by atoms with Crippen LogP contribution in [-0.2, 0) is 19.1 Å². The van der Waals surface area contributed by atoms with Crippen molar-refractivity contribution in [3.63, 3.8) is 0 Å². The van der Waals surface area contributed by atoms with Crippen LogP contribution in [0.5, 0.6) is 0 Å². The summed E-state index contributed by atoms with van der Waals surface area (Å²) in [6.07, 6.45) is 0.476. The number of ketones is 1. The smallest absolute Gasteiger partial charge is 0.332 e. The second kappa shape index (κ2) is 9.27. The highest BCUT2D eigenvalue weighted by molar-refractivity contribution is 6.02. The zero-order chi connectivity index (χ0) is 14.8. The second-order valence-electron chi connectivity index (χ2n) is 3.98. The summed E-state index contributed by atoms with van der Waals surface area (Å²) < 4.78 is 5.02. The van der Waals surface area contributed by atoms with Crippen LogP contribution in [0, 0.1) is 0 Å². The number of hydrogen-bond donors (Lipinski definition) is 2. The van der Waals surface area contributed by atoms with E-state index in [1.54, 1.807) is 13.8 Å². The van der Waals surface area contributed by atoms with Gasteiger partial charge >= 0.3 is 11.9 Å². The molecule has 0 aromatic heterocycles. The Labute approximate surface area is 112 Å². The summed E-state index contributed by atoms with van der Waals surface area (Å²) in [7, 11) is 0. The molecule has 0 heterocycles. The van der Waals surface area contributed by atoms with Crippen LogP contribution >= 0.6 is 0 Å². The number of rotatable bonds is 10. The molecule has 0 amide bonds. The molecular weight excluding hydrogens is 252 g/mol. The van der Waals surface area contributed by atoms with Crippen LogP contribution in [0.3, 0.4) is 0 Å². The van der Waals surface area contributed by atoms with Crippen LogP contribution in [-0.4, -0.2) is 41.1 Å². The Morgan fingerprint density at radius 1 is 0.947 bits per heavy atom. The minimum Gasteiger partial charge on any atom is -0.478 e. The highest BCUT2D eigenvalue weighted by Gasteiger charge is 2.22. The van der Waals surface area contributed by atoms with Crippen molar-refractivity contribution in [1.29, 1.82) is 0 Å². The molecule has 6 heteroatoms. The van der Waals surface area contributed by atoms with Gasteiger partial charge in [0, 0.05) is 25.9 Å². The van der Waals surface area contributed by atoms with E-state index < -0.39 is 11.9 Å². The highest BCUT2D eigenvalue weighted by Crippen LogP contribution is 2.16. The van der Waals surface area contributed by atoms with Gasteiger partial charge in [0.1, 0.15) is 5.78 Å². The average molecular weight is 272 g/mol. The van der Waals surface area contributed by atoms with Crippen molar-refractivity contribution in [2.75, 3.05) is 13.2 Å². The minimum absolute atomic E-state index is 0.0236. The lowest BCUT2D eigenvalue weighted by atomic mass is 9.99. The van der Waals surface area contributed by atoms with Crippen molar-refractivity contribution in [3.05, 3.63) is 11.1 Å². The number of hydrogen-bond acceptors (Lipinski definition) is 4. The first-order valence-electron chi connectivity index (χ1n) is 6.22. The van der Waals surface area contributed by atoms with Crippen LogP contribution in [0.1, 0.15) is 39.5 Å². The van der Waals surface area contributed by atoms with Crippen LogP contribution in [0.15, 0.2) is 11.1 Å². The van der Waals surface area contributed by atoms with E-state index in [-0.39, 0.29) is 42.8 Å². The Hall–Kier alpha value is -1.69. The Morgan fingerprint density at radius 2 is 1.53 bits per heavy atom. The van der Waals surface area contributed by atoms with E-state index in [1.165, 1.54) is 0 Å². The molecule has 0 rings (SSSR count). The third-order valence-corrected chi connectivity index (χ3v) is 2.48. The number of carbonyl (C=O) groups excluding carboxylic acids is 1. The molecule has 0 spiro atoms. The van der Waals surface area contributed by atoms with Gasteiger partial charge in [0.25, 0.3) is 0 Å². The lowest BCUT2D eigenvalue weighted by molar-refractivity contribution is -0.136. The molecule has 0 aliphatic rings. The van der Waals surface area contributed by atoms with E-state index in [9.17, 15) is 14.4 Å². The first-order chi connectivity index (χ1) is 8.93. The zero-order valence-electron chi connectivity index (χ0n) is 11.3. The fourth-order valence-electron chi connectivity index (χ4n) is 1.58. The van der Waals surface area contributed by atoms with Crippen LogP contribution in [0.4, 0.5) is 0 Å². The fraction of sp³-hybridized carbons (Fsp3) is 0.615. The largest absolute Gasteiger partial charge is 0.478 e. The maximum Gasteiger partial charge on any atom is 0.332 e. The van der Waals surface area contributed by atoms with Gasteiger partial charge < -0.3 is 14.9 Å². The maximum atomic E-state index is 11.5. The van der Waals surface area contributed by atoms with Crippen molar-refractivity contribution >= 4 is 17.7 Å². The number of carboxylic acids is 2. The normalized spacial score (nSPS) is 11.9. The van der Waals surface area contributed by atoms with Crippen LogP contribution < -0.4 is 0 Å². The molecule has 0 radical (unpaired) electrons. The Balaban J connectivity index is 5.08. The topological polar surface area (TPSA) is 101 Å². The summed E-state index contributed by atoms with van der Waals surface area (Å²) >= 11 is 0. The molecule has 0 fully saturated rings. The summed E-state index contributed by atoms with van der Waals surface area (Å²) in [5.74, 6) is -2.95. The van der Waals surface area contributed by atoms with Crippen molar-refractivity contribution in [1.82, 2.24) is 0 Å². The van der Waals surface area contributed by atoms with Crippen LogP contribution in [0.25, 0.3) is 0 Å². The first kappa shape index (κ1) is 17.3. The van der Waals surface area contributed by atoms with Gasteiger partial charge in [-0.3, -0.25) is 4.79 Å². The summed E-state index contributed by atoms with van der Waals surface area (Å²) in [5.41, 5.74) is -0.601. The Bertz CT molecular complexity index is 369. The van der Waals surface area contributed by atoms with Crippen molar-refractivity contribution < 1.29 is 29.3 Å². The Kier molecular flexibility index (Phi) is 8.44. The van der Waals surface area contributed by atoms with E-state index in [0.29, 0.717) is 13.0 Å². The molecule has 6 nitrogen and oxygen atoms in total. The van der Waals surface area contributed by atoms with Gasteiger partial charge in [-0.25, -0.2) is 9.59 Å². The molecule has 0 aromatic carbocycles. The quantitative estimate of drug-likeness (QED) is 0.463. The van der Waals surface area contributed by atoms with Crippen molar-refractivity contribution in [3.8, 4) is 0 Å². The average Bonchev–Trinajstić information content (AvgIpc) is 2.32. The van der Waals surface area contributed by atoms with E-state index in [4.69, 9.17) is 14.9 Å². The lowest BCUT2D eigenvalue weighted by Gasteiger charge is -2.08. The third kappa shape index (κ3) is 6.71. The van der Waals surface area contributed by atoms with Gasteiger partial charge in [0.2, 0.25) is 0 Å². The molecule has 108 valence electrons. The standard InChI is InChI=1S/C13H20O6/c1-3-5-9(14)8-11(13(17)18)10(12(15)16)6-7-19-4-2/h3-8H2,1-2H3,(H,15,16)(H,17,18)/b11-10+. The Morgan fingerprint density at radius 3 is 1.95 bits per heavy atom. The monoisotopic (exact) mass is 272 g/mol. The highest BCUT2D eigenvalue weighted by atomic mass is 16.5. The van der Waals surface area contributed by atoms with Gasteiger partial charge in [-0.2, -0.15) is 0 Å².